The van der Waals surface area contributed by atoms with Crippen LogP contribution in [0.15, 0.2) is 22.7 Å². The van der Waals surface area contributed by atoms with Crippen molar-refractivity contribution in [2.75, 3.05) is 11.9 Å². The van der Waals surface area contributed by atoms with Gasteiger partial charge >= 0.3 is 0 Å². The van der Waals surface area contributed by atoms with Crippen LogP contribution in [0, 0.1) is 11.3 Å². The number of nitrogens with one attached hydrogen (secondary N) is 1. The van der Waals surface area contributed by atoms with Gasteiger partial charge in [-0.05, 0) is 31.2 Å². The third kappa shape index (κ3) is 3.65. The predicted octanol–water partition coefficient (Wildman–Crippen LogP) is 2.00. The number of hydrogen-bond donors (Lipinski definition) is 2. The van der Waals surface area contributed by atoms with E-state index in [-0.39, 0.29) is 5.91 Å². The number of nitriles is 1. The van der Waals surface area contributed by atoms with Crippen LogP contribution in [0.1, 0.15) is 18.4 Å². The minimum absolute atomic E-state index is 0.121. The van der Waals surface area contributed by atoms with Gasteiger partial charge in [-0.3, -0.25) is 4.79 Å². The first kappa shape index (κ1) is 12.7. The zero-order valence-electron chi connectivity index (χ0n) is 8.66. The van der Waals surface area contributed by atoms with Gasteiger partial charge in [-0.2, -0.15) is 5.26 Å². The van der Waals surface area contributed by atoms with Crippen molar-refractivity contribution in [1.82, 2.24) is 0 Å². The number of rotatable bonds is 4. The minimum atomic E-state index is -0.121. The molecule has 1 aromatic rings. The van der Waals surface area contributed by atoms with Crippen LogP contribution in [0.3, 0.4) is 0 Å². The normalized spacial score (nSPS) is 9.56. The van der Waals surface area contributed by atoms with Crippen molar-refractivity contribution in [2.24, 2.45) is 5.73 Å². The molecule has 0 aliphatic rings. The SMILES string of the molecule is N#Cc1cc(Br)ccc1NC(=O)CCCN. The fourth-order valence-corrected chi connectivity index (χ4v) is 1.55. The number of nitrogens with zero attached hydrogens (tertiary/aromatic N) is 1. The van der Waals surface area contributed by atoms with Crippen molar-refractivity contribution in [3.05, 3.63) is 28.2 Å². The molecule has 0 fully saturated rings. The number of nitrogens with two attached hydrogens (primary N) is 1. The lowest BCUT2D eigenvalue weighted by molar-refractivity contribution is -0.116. The fraction of sp³-hybridized carbons (Fsp3) is 0.273. The third-order valence-electron chi connectivity index (χ3n) is 1.98. The molecule has 3 N–H and O–H groups in total. The minimum Gasteiger partial charge on any atom is -0.330 e. The van der Waals surface area contributed by atoms with Crippen LogP contribution in [0.5, 0.6) is 0 Å². The van der Waals surface area contributed by atoms with Crippen molar-refractivity contribution in [3.63, 3.8) is 0 Å². The topological polar surface area (TPSA) is 78.9 Å². The summed E-state index contributed by atoms with van der Waals surface area (Å²) in [6.07, 6.45) is 1.02. The van der Waals surface area contributed by atoms with E-state index >= 15 is 0 Å². The maximum Gasteiger partial charge on any atom is 0.224 e. The van der Waals surface area contributed by atoms with Gasteiger partial charge in [-0.15, -0.1) is 0 Å². The molecule has 1 amide bonds. The Morgan fingerprint density at radius 1 is 1.56 bits per heavy atom. The summed E-state index contributed by atoms with van der Waals surface area (Å²) in [4.78, 5) is 11.4. The maximum absolute atomic E-state index is 11.4. The lowest BCUT2D eigenvalue weighted by Gasteiger charge is -2.06. The van der Waals surface area contributed by atoms with E-state index in [9.17, 15) is 4.79 Å². The third-order valence-corrected chi connectivity index (χ3v) is 2.48. The Morgan fingerprint density at radius 3 is 2.94 bits per heavy atom. The van der Waals surface area contributed by atoms with Gasteiger partial charge in [0.15, 0.2) is 0 Å². The number of carbonyl (C=O) groups is 1. The number of carbonyl (C=O) groups excluding carboxylic acids is 1. The first-order valence-corrected chi connectivity index (χ1v) is 5.66. The van der Waals surface area contributed by atoms with Gasteiger partial charge in [-0.25, -0.2) is 0 Å². The van der Waals surface area contributed by atoms with Gasteiger partial charge in [0, 0.05) is 10.9 Å². The van der Waals surface area contributed by atoms with Crippen LogP contribution in [0.2, 0.25) is 0 Å². The quantitative estimate of drug-likeness (QED) is 0.886. The lowest BCUT2D eigenvalue weighted by atomic mass is 10.2. The molecule has 5 heteroatoms. The van der Waals surface area contributed by atoms with Crippen molar-refractivity contribution in [2.45, 2.75) is 12.8 Å². The zero-order valence-corrected chi connectivity index (χ0v) is 10.3. The number of hydrogen-bond acceptors (Lipinski definition) is 3. The van der Waals surface area contributed by atoms with Gasteiger partial charge in [0.1, 0.15) is 6.07 Å². The highest BCUT2D eigenvalue weighted by Gasteiger charge is 2.06. The van der Waals surface area contributed by atoms with Gasteiger partial charge in [-0.1, -0.05) is 15.9 Å². The summed E-state index contributed by atoms with van der Waals surface area (Å²) in [5.41, 5.74) is 6.28. The first-order chi connectivity index (χ1) is 7.67. The molecule has 0 atom stereocenters. The molecular weight excluding hydrogens is 270 g/mol. The number of halogens is 1. The van der Waals surface area contributed by atoms with Crippen molar-refractivity contribution in [1.29, 1.82) is 5.26 Å². The molecule has 0 aliphatic carbocycles. The fourth-order valence-electron chi connectivity index (χ4n) is 1.19. The Hall–Kier alpha value is -1.38. The highest BCUT2D eigenvalue weighted by molar-refractivity contribution is 9.10. The Morgan fingerprint density at radius 2 is 2.31 bits per heavy atom. The summed E-state index contributed by atoms with van der Waals surface area (Å²) >= 11 is 3.26. The summed E-state index contributed by atoms with van der Waals surface area (Å²) in [6, 6.07) is 7.17. The molecule has 0 saturated heterocycles. The van der Waals surface area contributed by atoms with Crippen LogP contribution in [-0.4, -0.2) is 12.5 Å². The van der Waals surface area contributed by atoms with E-state index in [1.54, 1.807) is 18.2 Å². The molecular formula is C11H12BrN3O. The lowest BCUT2D eigenvalue weighted by Crippen LogP contribution is -2.14. The van der Waals surface area contributed by atoms with E-state index < -0.39 is 0 Å². The largest absolute Gasteiger partial charge is 0.330 e. The Balaban J connectivity index is 2.74. The number of anilines is 1. The van der Waals surface area contributed by atoms with Crippen LogP contribution in [0.25, 0.3) is 0 Å². The van der Waals surface area contributed by atoms with E-state index in [4.69, 9.17) is 11.0 Å². The number of benzene rings is 1. The second-order valence-corrected chi connectivity index (χ2v) is 4.16. The highest BCUT2D eigenvalue weighted by atomic mass is 79.9. The standard InChI is InChI=1S/C11H12BrN3O/c12-9-3-4-10(8(6-9)7-14)15-11(16)2-1-5-13/h3-4,6H,1-2,5,13H2,(H,15,16). The van der Waals surface area contributed by atoms with Crippen molar-refractivity contribution < 1.29 is 4.79 Å². The molecule has 1 rings (SSSR count). The van der Waals surface area contributed by atoms with E-state index in [0.29, 0.717) is 30.6 Å². The van der Waals surface area contributed by atoms with Gasteiger partial charge in [0.05, 0.1) is 11.3 Å². The van der Waals surface area contributed by atoms with E-state index in [1.165, 1.54) is 0 Å². The van der Waals surface area contributed by atoms with Crippen LogP contribution >= 0.6 is 15.9 Å². The molecule has 0 spiro atoms. The van der Waals surface area contributed by atoms with Gasteiger partial charge in [0.2, 0.25) is 5.91 Å². The van der Waals surface area contributed by atoms with Crippen molar-refractivity contribution in [3.8, 4) is 6.07 Å². The second kappa shape index (κ2) is 6.26. The van der Waals surface area contributed by atoms with E-state index in [0.717, 1.165) is 4.47 Å². The average molecular weight is 282 g/mol. The molecule has 0 bridgehead atoms. The Kier molecular flexibility index (Phi) is 4.96. The van der Waals surface area contributed by atoms with Gasteiger partial charge < -0.3 is 11.1 Å². The maximum atomic E-state index is 11.4. The van der Waals surface area contributed by atoms with Crippen LogP contribution < -0.4 is 11.1 Å². The average Bonchev–Trinajstić information content (AvgIpc) is 2.28. The molecule has 16 heavy (non-hydrogen) atoms. The van der Waals surface area contributed by atoms with Crippen LogP contribution in [-0.2, 0) is 4.79 Å². The monoisotopic (exact) mass is 281 g/mol. The Labute approximate surface area is 103 Å². The molecule has 84 valence electrons. The molecule has 0 saturated carbocycles. The molecule has 1 aromatic carbocycles. The molecule has 4 nitrogen and oxygen atoms in total. The van der Waals surface area contributed by atoms with Crippen LogP contribution in [0.4, 0.5) is 5.69 Å². The second-order valence-electron chi connectivity index (χ2n) is 3.24. The molecule has 0 aliphatic heterocycles. The summed E-state index contributed by atoms with van der Waals surface area (Å²) < 4.78 is 0.809. The summed E-state index contributed by atoms with van der Waals surface area (Å²) in [7, 11) is 0. The molecule has 0 unspecified atom stereocenters. The smallest absolute Gasteiger partial charge is 0.224 e. The van der Waals surface area contributed by atoms with Gasteiger partial charge in [0.25, 0.3) is 0 Å². The zero-order chi connectivity index (χ0) is 12.0. The Bertz CT molecular complexity index is 426. The first-order valence-electron chi connectivity index (χ1n) is 4.87. The summed E-state index contributed by atoms with van der Waals surface area (Å²) in [5, 5.41) is 11.6. The molecule has 0 radical (unpaired) electrons. The van der Waals surface area contributed by atoms with E-state index in [1.807, 2.05) is 6.07 Å². The van der Waals surface area contributed by atoms with E-state index in [2.05, 4.69) is 21.2 Å². The molecule has 0 heterocycles. The predicted molar refractivity (Wildman–Crippen MR) is 65.8 cm³/mol. The number of amides is 1. The highest BCUT2D eigenvalue weighted by Crippen LogP contribution is 2.20. The molecule has 0 aromatic heterocycles. The summed E-state index contributed by atoms with van der Waals surface area (Å²) in [5.74, 6) is -0.121. The van der Waals surface area contributed by atoms with Crippen molar-refractivity contribution >= 4 is 27.5 Å². The summed E-state index contributed by atoms with van der Waals surface area (Å²) in [6.45, 7) is 0.485.